The van der Waals surface area contributed by atoms with Gasteiger partial charge in [-0.3, -0.25) is 0 Å². The highest BCUT2D eigenvalue weighted by atomic mass is 16.5. The molecule has 2 aromatic rings. The average Bonchev–Trinajstić information content (AvgIpc) is 3.05. The van der Waals surface area contributed by atoms with Gasteiger partial charge in [0.15, 0.2) is 5.82 Å². The number of nitrogens with zero attached hydrogens (tertiary/aromatic N) is 3. The number of hydrogen-bond acceptors (Lipinski definition) is 4. The highest BCUT2D eigenvalue weighted by Gasteiger charge is 2.26. The van der Waals surface area contributed by atoms with Gasteiger partial charge in [0.25, 0.3) is 0 Å². The summed E-state index contributed by atoms with van der Waals surface area (Å²) in [5.74, 6) is 1.73. The van der Waals surface area contributed by atoms with Crippen LogP contribution in [0.5, 0.6) is 0 Å². The molecule has 5 heteroatoms. The van der Waals surface area contributed by atoms with Crippen molar-refractivity contribution in [2.24, 2.45) is 5.92 Å². The number of methoxy groups -OCH3 is 1. The first-order valence-electron chi connectivity index (χ1n) is 7.18. The smallest absolute Gasteiger partial charge is 0.152 e. The predicted molar refractivity (Wildman–Crippen MR) is 80.2 cm³/mol. The summed E-state index contributed by atoms with van der Waals surface area (Å²) >= 11 is 0. The number of anilines is 1. The van der Waals surface area contributed by atoms with Gasteiger partial charge in [0, 0.05) is 38.9 Å². The number of hydrogen-bond donors (Lipinski definition) is 1. The number of imidazole rings is 1. The minimum absolute atomic E-state index is 0.618. The van der Waals surface area contributed by atoms with E-state index in [2.05, 4.69) is 32.9 Å². The molecular formula is C15H22N4O. The van der Waals surface area contributed by atoms with Crippen molar-refractivity contribution in [3.63, 3.8) is 0 Å². The van der Waals surface area contributed by atoms with Crippen LogP contribution < -0.4 is 10.2 Å². The lowest BCUT2D eigenvalue weighted by molar-refractivity contribution is 0.161. The van der Waals surface area contributed by atoms with Crippen molar-refractivity contribution in [2.45, 2.75) is 13.0 Å². The molecular weight excluding hydrogens is 252 g/mol. The molecule has 0 saturated carbocycles. The number of aromatic nitrogens is 2. The molecule has 0 amide bonds. The van der Waals surface area contributed by atoms with Gasteiger partial charge in [-0.2, -0.15) is 0 Å². The maximum absolute atomic E-state index is 5.28. The van der Waals surface area contributed by atoms with E-state index in [1.54, 1.807) is 7.11 Å². The van der Waals surface area contributed by atoms with Crippen LogP contribution in [0, 0.1) is 5.92 Å². The summed E-state index contributed by atoms with van der Waals surface area (Å²) in [5, 5.41) is 3.25. The van der Waals surface area contributed by atoms with Crippen molar-refractivity contribution in [3.05, 3.63) is 30.1 Å². The Labute approximate surface area is 119 Å². The second-order valence-electron chi connectivity index (χ2n) is 5.40. The van der Waals surface area contributed by atoms with Crippen molar-refractivity contribution in [1.29, 1.82) is 0 Å². The maximum atomic E-state index is 5.28. The SMILES string of the molecule is CNCc1c(N2CCC(COC)C2)nc2ccccn12. The summed E-state index contributed by atoms with van der Waals surface area (Å²) in [6.07, 6.45) is 3.27. The van der Waals surface area contributed by atoms with Crippen LogP contribution in [-0.4, -0.2) is 43.2 Å². The van der Waals surface area contributed by atoms with E-state index in [0.717, 1.165) is 37.7 Å². The minimum atomic E-state index is 0.618. The first-order chi connectivity index (χ1) is 9.83. The fourth-order valence-corrected chi connectivity index (χ4v) is 3.02. The van der Waals surface area contributed by atoms with Gasteiger partial charge in [-0.15, -0.1) is 0 Å². The van der Waals surface area contributed by atoms with E-state index >= 15 is 0 Å². The second-order valence-corrected chi connectivity index (χ2v) is 5.40. The lowest BCUT2D eigenvalue weighted by Crippen LogP contribution is -2.23. The van der Waals surface area contributed by atoms with Crippen molar-refractivity contribution in [1.82, 2.24) is 14.7 Å². The highest BCUT2D eigenvalue weighted by molar-refractivity contribution is 5.56. The van der Waals surface area contributed by atoms with Crippen molar-refractivity contribution in [3.8, 4) is 0 Å². The van der Waals surface area contributed by atoms with Gasteiger partial charge >= 0.3 is 0 Å². The largest absolute Gasteiger partial charge is 0.384 e. The Morgan fingerprint density at radius 1 is 1.45 bits per heavy atom. The van der Waals surface area contributed by atoms with Gasteiger partial charge in [0.1, 0.15) is 5.65 Å². The van der Waals surface area contributed by atoms with Crippen LogP contribution >= 0.6 is 0 Å². The van der Waals surface area contributed by atoms with Gasteiger partial charge in [0.2, 0.25) is 0 Å². The molecule has 2 aromatic heterocycles. The van der Waals surface area contributed by atoms with E-state index in [1.807, 2.05) is 13.1 Å². The number of fused-ring (bicyclic) bond motifs is 1. The molecule has 1 aliphatic heterocycles. The first kappa shape index (κ1) is 13.4. The Balaban J connectivity index is 1.92. The molecule has 3 rings (SSSR count). The number of nitrogens with one attached hydrogen (secondary N) is 1. The van der Waals surface area contributed by atoms with Gasteiger partial charge < -0.3 is 19.4 Å². The van der Waals surface area contributed by atoms with Crippen LogP contribution in [0.3, 0.4) is 0 Å². The third kappa shape index (κ3) is 2.39. The fraction of sp³-hybridized carbons (Fsp3) is 0.533. The molecule has 108 valence electrons. The molecule has 3 heterocycles. The van der Waals surface area contributed by atoms with E-state index in [0.29, 0.717) is 5.92 Å². The maximum Gasteiger partial charge on any atom is 0.152 e. The Bertz CT molecular complexity index is 580. The Morgan fingerprint density at radius 2 is 2.35 bits per heavy atom. The lowest BCUT2D eigenvalue weighted by Gasteiger charge is -2.17. The summed E-state index contributed by atoms with van der Waals surface area (Å²) in [6.45, 7) is 3.76. The summed E-state index contributed by atoms with van der Waals surface area (Å²) in [7, 11) is 3.75. The Morgan fingerprint density at radius 3 is 3.15 bits per heavy atom. The van der Waals surface area contributed by atoms with E-state index in [9.17, 15) is 0 Å². The lowest BCUT2D eigenvalue weighted by atomic mass is 10.1. The first-order valence-corrected chi connectivity index (χ1v) is 7.18. The number of ether oxygens (including phenoxy) is 1. The molecule has 1 aliphatic rings. The molecule has 1 fully saturated rings. The Hall–Kier alpha value is -1.59. The molecule has 1 atom stereocenters. The van der Waals surface area contributed by atoms with Crippen molar-refractivity contribution in [2.75, 3.05) is 38.8 Å². The minimum Gasteiger partial charge on any atom is -0.384 e. The quantitative estimate of drug-likeness (QED) is 0.898. The van der Waals surface area contributed by atoms with Crippen molar-refractivity contribution >= 4 is 11.5 Å². The molecule has 1 unspecified atom stereocenters. The molecule has 0 bridgehead atoms. The second kappa shape index (κ2) is 5.81. The molecule has 0 spiro atoms. The average molecular weight is 274 g/mol. The van der Waals surface area contributed by atoms with Gasteiger partial charge in [-0.25, -0.2) is 4.98 Å². The molecule has 0 aliphatic carbocycles. The zero-order valence-electron chi connectivity index (χ0n) is 12.2. The van der Waals surface area contributed by atoms with Crippen LogP contribution in [0.1, 0.15) is 12.1 Å². The summed E-state index contributed by atoms with van der Waals surface area (Å²) in [6, 6.07) is 6.15. The summed E-state index contributed by atoms with van der Waals surface area (Å²) in [4.78, 5) is 7.21. The van der Waals surface area contributed by atoms with E-state index in [-0.39, 0.29) is 0 Å². The summed E-state index contributed by atoms with van der Waals surface area (Å²) in [5.41, 5.74) is 2.25. The third-order valence-corrected chi connectivity index (χ3v) is 3.94. The molecule has 1 saturated heterocycles. The van der Waals surface area contributed by atoms with Crippen LogP contribution in [0.4, 0.5) is 5.82 Å². The van der Waals surface area contributed by atoms with E-state index in [4.69, 9.17) is 9.72 Å². The third-order valence-electron chi connectivity index (χ3n) is 3.94. The fourth-order valence-electron chi connectivity index (χ4n) is 3.02. The number of rotatable bonds is 5. The molecule has 1 N–H and O–H groups in total. The number of pyridine rings is 1. The topological polar surface area (TPSA) is 41.8 Å². The predicted octanol–water partition coefficient (Wildman–Crippen LogP) is 1.53. The Kier molecular flexibility index (Phi) is 3.89. The molecule has 0 radical (unpaired) electrons. The van der Waals surface area contributed by atoms with Crippen LogP contribution in [0.2, 0.25) is 0 Å². The molecule has 20 heavy (non-hydrogen) atoms. The highest BCUT2D eigenvalue weighted by Crippen LogP contribution is 2.27. The van der Waals surface area contributed by atoms with Crippen molar-refractivity contribution < 1.29 is 4.74 Å². The molecule has 0 aromatic carbocycles. The normalized spacial score (nSPS) is 19.1. The van der Waals surface area contributed by atoms with Gasteiger partial charge in [-0.05, 0) is 25.6 Å². The zero-order valence-corrected chi connectivity index (χ0v) is 12.2. The van der Waals surface area contributed by atoms with Gasteiger partial charge in [-0.1, -0.05) is 6.07 Å². The molecule has 5 nitrogen and oxygen atoms in total. The van der Waals surface area contributed by atoms with Crippen LogP contribution in [-0.2, 0) is 11.3 Å². The monoisotopic (exact) mass is 274 g/mol. The van der Waals surface area contributed by atoms with Crippen LogP contribution in [0.25, 0.3) is 5.65 Å². The van der Waals surface area contributed by atoms with Gasteiger partial charge in [0.05, 0.1) is 12.3 Å². The van der Waals surface area contributed by atoms with E-state index < -0.39 is 0 Å². The zero-order chi connectivity index (χ0) is 13.9. The summed E-state index contributed by atoms with van der Waals surface area (Å²) < 4.78 is 7.46. The van der Waals surface area contributed by atoms with E-state index in [1.165, 1.54) is 12.1 Å². The van der Waals surface area contributed by atoms with Crippen LogP contribution in [0.15, 0.2) is 24.4 Å². The standard InChI is InChI=1S/C15H22N4O/c1-16-9-13-15(17-14-5-3-4-7-19(13)14)18-8-6-12(10-18)11-20-2/h3-5,7,12,16H,6,8-11H2,1-2H3.